The van der Waals surface area contributed by atoms with E-state index < -0.39 is 52.4 Å². The molecule has 146 valence electrons. The summed E-state index contributed by atoms with van der Waals surface area (Å²) in [4.78, 5) is 0. The Morgan fingerprint density at radius 2 is 1.44 bits per heavy atom. The molecule has 27 heavy (non-hydrogen) atoms. The lowest BCUT2D eigenvalue weighted by molar-refractivity contribution is 0.00578. The van der Waals surface area contributed by atoms with Crippen LogP contribution in [0.5, 0.6) is 5.75 Å². The van der Waals surface area contributed by atoms with Gasteiger partial charge in [0, 0.05) is 17.9 Å². The lowest BCUT2D eigenvalue weighted by Gasteiger charge is -2.32. The largest absolute Gasteiger partial charge is 0.495 e. The third kappa shape index (κ3) is 3.17. The number of rotatable bonds is 4. The number of benzene rings is 2. The first-order valence-corrected chi connectivity index (χ1v) is 8.27. The molecule has 1 aliphatic heterocycles. The van der Waals surface area contributed by atoms with Crippen molar-refractivity contribution < 1.29 is 36.3 Å². The van der Waals surface area contributed by atoms with Crippen LogP contribution in [0.1, 0.15) is 27.7 Å². The van der Waals surface area contributed by atoms with Gasteiger partial charge in [0.05, 0.1) is 11.2 Å². The average Bonchev–Trinajstić information content (AvgIpc) is 2.83. The number of methoxy groups -OCH3 is 1. The summed E-state index contributed by atoms with van der Waals surface area (Å²) in [5.74, 6) is -6.78. The summed E-state index contributed by atoms with van der Waals surface area (Å²) in [6, 6.07) is 2.41. The molecule has 0 N–H and O–H groups in total. The highest BCUT2D eigenvalue weighted by Crippen LogP contribution is 2.38. The average molecular weight is 386 g/mol. The van der Waals surface area contributed by atoms with Gasteiger partial charge in [-0.3, -0.25) is 0 Å². The fourth-order valence-electron chi connectivity index (χ4n) is 2.84. The van der Waals surface area contributed by atoms with E-state index in [4.69, 9.17) is 18.8 Å². The molecule has 0 radical (unpaired) electrons. The second-order valence-electron chi connectivity index (χ2n) is 7.33. The van der Waals surface area contributed by atoms with Gasteiger partial charge in [-0.25, -0.2) is 17.6 Å². The number of halogens is 4. The van der Waals surface area contributed by atoms with E-state index in [1.165, 1.54) is 13.2 Å². The molecule has 4 nitrogen and oxygen atoms in total. The Bertz CT molecular complexity index is 885. The van der Waals surface area contributed by atoms with Crippen LogP contribution >= 0.6 is 0 Å². The Hall–Kier alpha value is -1.84. The molecule has 1 heterocycles. The van der Waals surface area contributed by atoms with Gasteiger partial charge in [-0.15, -0.1) is 0 Å². The Kier molecular flexibility index (Phi) is 4.90. The first-order valence-electron chi connectivity index (χ1n) is 8.27. The highest BCUT2D eigenvalue weighted by atomic mass is 19.2. The smallest absolute Gasteiger partial charge is 0.468 e. The van der Waals surface area contributed by atoms with Gasteiger partial charge in [-0.1, -0.05) is 0 Å². The van der Waals surface area contributed by atoms with Crippen LogP contribution in [0.4, 0.5) is 17.6 Å². The maximum absolute atomic E-state index is 14.6. The van der Waals surface area contributed by atoms with Gasteiger partial charge in [0.2, 0.25) is 0 Å². The van der Waals surface area contributed by atoms with E-state index in [-0.39, 0.29) is 18.0 Å². The number of fused-ring (bicyclic) bond motifs is 1. The van der Waals surface area contributed by atoms with Crippen molar-refractivity contribution in [3.8, 4) is 5.75 Å². The summed E-state index contributed by atoms with van der Waals surface area (Å²) in [6.45, 7) is 6.92. The van der Waals surface area contributed by atoms with E-state index in [1.807, 2.05) is 0 Å². The topological polar surface area (TPSA) is 36.9 Å². The highest BCUT2D eigenvalue weighted by molar-refractivity contribution is 6.65. The summed E-state index contributed by atoms with van der Waals surface area (Å²) >= 11 is 0. The summed E-state index contributed by atoms with van der Waals surface area (Å²) in [7, 11) is 0.244. The molecule has 0 aromatic heterocycles. The predicted molar refractivity (Wildman–Crippen MR) is 92.0 cm³/mol. The van der Waals surface area contributed by atoms with E-state index in [0.29, 0.717) is 0 Å². The van der Waals surface area contributed by atoms with Crippen LogP contribution < -0.4 is 10.2 Å². The number of ether oxygens (including phenoxy) is 2. The first kappa shape index (κ1) is 19.9. The standard InChI is InChI=1S/C18H19BF4O4/c1-17(2)18(3,4)27-19(26-17)11-7-9(25-8-24-5)6-10-12(11)14(21)16(23)15(22)13(10)20/h6-7H,8H2,1-5H3. The van der Waals surface area contributed by atoms with Crippen molar-refractivity contribution in [2.75, 3.05) is 13.9 Å². The van der Waals surface area contributed by atoms with Crippen LogP contribution in [0.15, 0.2) is 12.1 Å². The molecule has 0 bridgehead atoms. The SMILES string of the molecule is COCOc1cc(B2OC(C)(C)C(C)(C)O2)c2c(F)c(F)c(F)c(F)c2c1. The molecule has 2 aromatic carbocycles. The van der Waals surface area contributed by atoms with E-state index in [2.05, 4.69) is 0 Å². The zero-order valence-corrected chi connectivity index (χ0v) is 15.6. The maximum Gasteiger partial charge on any atom is 0.495 e. The van der Waals surface area contributed by atoms with Crippen LogP contribution in [0.2, 0.25) is 0 Å². The van der Waals surface area contributed by atoms with Gasteiger partial charge in [-0.2, -0.15) is 0 Å². The summed E-state index contributed by atoms with van der Waals surface area (Å²) in [5.41, 5.74) is -1.56. The third-order valence-corrected chi connectivity index (χ3v) is 5.03. The predicted octanol–water partition coefficient (Wildman–Crippen LogP) is 3.68. The quantitative estimate of drug-likeness (QED) is 0.264. The molecule has 0 aliphatic carbocycles. The Balaban J connectivity index is 2.27. The van der Waals surface area contributed by atoms with Gasteiger partial charge in [0.1, 0.15) is 5.75 Å². The molecule has 0 unspecified atom stereocenters. The molecule has 0 amide bonds. The lowest BCUT2D eigenvalue weighted by atomic mass is 9.75. The maximum atomic E-state index is 14.6. The zero-order valence-electron chi connectivity index (χ0n) is 15.6. The van der Waals surface area contributed by atoms with Gasteiger partial charge in [-0.05, 0) is 45.3 Å². The van der Waals surface area contributed by atoms with E-state index in [9.17, 15) is 17.6 Å². The van der Waals surface area contributed by atoms with Gasteiger partial charge < -0.3 is 18.8 Å². The normalized spacial score (nSPS) is 18.3. The van der Waals surface area contributed by atoms with E-state index in [0.717, 1.165) is 6.07 Å². The Morgan fingerprint density at radius 3 is 2.00 bits per heavy atom. The van der Waals surface area contributed by atoms with Crippen LogP contribution in [-0.2, 0) is 14.0 Å². The minimum absolute atomic E-state index is 0.00690. The molecule has 0 atom stereocenters. The van der Waals surface area contributed by atoms with Crippen molar-refractivity contribution in [1.82, 2.24) is 0 Å². The van der Waals surface area contributed by atoms with Crippen molar-refractivity contribution in [2.45, 2.75) is 38.9 Å². The summed E-state index contributed by atoms with van der Waals surface area (Å²) in [5, 5.41) is -0.945. The second kappa shape index (κ2) is 6.65. The molecule has 3 rings (SSSR count). The Morgan fingerprint density at radius 1 is 0.889 bits per heavy atom. The number of hydrogen-bond acceptors (Lipinski definition) is 4. The lowest BCUT2D eigenvalue weighted by Crippen LogP contribution is -2.41. The van der Waals surface area contributed by atoms with Crippen molar-refractivity contribution in [1.29, 1.82) is 0 Å². The number of hydrogen-bond donors (Lipinski definition) is 0. The van der Waals surface area contributed by atoms with Crippen LogP contribution in [0.3, 0.4) is 0 Å². The highest BCUT2D eigenvalue weighted by Gasteiger charge is 2.52. The fraction of sp³-hybridized carbons (Fsp3) is 0.444. The van der Waals surface area contributed by atoms with Crippen molar-refractivity contribution in [2.24, 2.45) is 0 Å². The van der Waals surface area contributed by atoms with Crippen molar-refractivity contribution in [3.05, 3.63) is 35.4 Å². The minimum Gasteiger partial charge on any atom is -0.468 e. The molecule has 2 aromatic rings. The molecular formula is C18H19BF4O4. The zero-order chi connectivity index (χ0) is 20.1. The molecule has 1 fully saturated rings. The second-order valence-corrected chi connectivity index (χ2v) is 7.33. The summed E-state index contributed by atoms with van der Waals surface area (Å²) in [6.07, 6.45) is 0. The van der Waals surface area contributed by atoms with Crippen LogP contribution in [-0.4, -0.2) is 32.2 Å². The first-order chi connectivity index (χ1) is 12.5. The fourth-order valence-corrected chi connectivity index (χ4v) is 2.84. The third-order valence-electron chi connectivity index (χ3n) is 5.03. The molecular weight excluding hydrogens is 367 g/mol. The minimum atomic E-state index is -1.90. The molecule has 0 saturated carbocycles. The van der Waals surface area contributed by atoms with E-state index in [1.54, 1.807) is 27.7 Å². The summed E-state index contributed by atoms with van der Waals surface area (Å²) < 4.78 is 78.4. The van der Waals surface area contributed by atoms with Crippen LogP contribution in [0.25, 0.3) is 10.8 Å². The molecule has 1 saturated heterocycles. The van der Waals surface area contributed by atoms with Crippen molar-refractivity contribution in [3.63, 3.8) is 0 Å². The van der Waals surface area contributed by atoms with Crippen molar-refractivity contribution >= 4 is 23.4 Å². The van der Waals surface area contributed by atoms with E-state index >= 15 is 0 Å². The van der Waals surface area contributed by atoms with Gasteiger partial charge in [0.15, 0.2) is 30.1 Å². The van der Waals surface area contributed by atoms with Gasteiger partial charge in [0.25, 0.3) is 0 Å². The molecule has 1 aliphatic rings. The molecule has 9 heteroatoms. The molecule has 0 spiro atoms. The van der Waals surface area contributed by atoms with Crippen LogP contribution in [0, 0.1) is 23.3 Å². The monoisotopic (exact) mass is 386 g/mol. The Labute approximate surface area is 154 Å². The van der Waals surface area contributed by atoms with Gasteiger partial charge >= 0.3 is 7.12 Å².